The fraction of sp³-hybridized carbons (Fsp3) is 0.133. The van der Waals surface area contributed by atoms with E-state index in [1.54, 1.807) is 6.33 Å². The number of aromatic amines is 1. The molecule has 0 radical (unpaired) electrons. The average molecular weight is 328 g/mol. The zero-order valence-corrected chi connectivity index (χ0v) is 12.9. The zero-order chi connectivity index (χ0) is 16.0. The van der Waals surface area contributed by atoms with Crippen LogP contribution in [0.5, 0.6) is 0 Å². The van der Waals surface area contributed by atoms with Crippen LogP contribution in [0.25, 0.3) is 22.1 Å². The van der Waals surface area contributed by atoms with Crippen LogP contribution in [-0.2, 0) is 13.1 Å². The van der Waals surface area contributed by atoms with E-state index in [4.69, 9.17) is 23.1 Å². The number of nitrogens with one attached hydrogen (secondary N) is 1. The number of imidazole rings is 1. The van der Waals surface area contributed by atoms with Crippen LogP contribution in [0.2, 0.25) is 5.02 Å². The summed E-state index contributed by atoms with van der Waals surface area (Å²) in [7, 11) is 0. The summed E-state index contributed by atoms with van der Waals surface area (Å²) in [4.78, 5) is 15.8. The van der Waals surface area contributed by atoms with Crippen molar-refractivity contribution in [2.75, 3.05) is 5.73 Å². The van der Waals surface area contributed by atoms with Crippen LogP contribution in [0.3, 0.4) is 0 Å². The highest BCUT2D eigenvalue weighted by Gasteiger charge is 2.12. The molecule has 0 fully saturated rings. The van der Waals surface area contributed by atoms with Crippen LogP contribution in [0, 0.1) is 0 Å². The van der Waals surface area contributed by atoms with Crippen molar-refractivity contribution in [2.45, 2.75) is 13.1 Å². The first-order valence-corrected chi connectivity index (χ1v) is 7.45. The van der Waals surface area contributed by atoms with Crippen LogP contribution >= 0.6 is 11.6 Å². The molecule has 0 spiro atoms. The van der Waals surface area contributed by atoms with E-state index in [-0.39, 0.29) is 0 Å². The number of halogens is 1. The highest BCUT2D eigenvalue weighted by Crippen LogP contribution is 2.28. The predicted molar refractivity (Wildman–Crippen MR) is 90.0 cm³/mol. The van der Waals surface area contributed by atoms with E-state index in [1.165, 1.54) is 6.33 Å². The van der Waals surface area contributed by atoms with Gasteiger partial charge in [-0.2, -0.15) is 0 Å². The van der Waals surface area contributed by atoms with Gasteiger partial charge in [0.15, 0.2) is 11.5 Å². The molecule has 0 saturated heterocycles. The normalized spacial score (nSPS) is 11.6. The largest absolute Gasteiger partial charge is 0.382 e. The monoisotopic (exact) mass is 327 g/mol. The Labute approximate surface area is 136 Å². The first-order valence-electron chi connectivity index (χ1n) is 7.07. The highest BCUT2D eigenvalue weighted by molar-refractivity contribution is 6.35. The van der Waals surface area contributed by atoms with E-state index in [9.17, 15) is 0 Å². The second-order valence-electron chi connectivity index (χ2n) is 5.30. The maximum absolute atomic E-state index is 6.28. The molecule has 0 aliphatic rings. The molecule has 0 aliphatic carbocycles. The number of nitrogen functional groups attached to an aromatic ring is 1. The summed E-state index contributed by atoms with van der Waals surface area (Å²) in [6.07, 6.45) is 3.15. The minimum Gasteiger partial charge on any atom is -0.382 e. The number of hydrogen-bond donors (Lipinski definition) is 3. The maximum atomic E-state index is 6.28. The molecule has 4 rings (SSSR count). The quantitative estimate of drug-likeness (QED) is 0.533. The zero-order valence-electron chi connectivity index (χ0n) is 12.1. The van der Waals surface area contributed by atoms with Crippen molar-refractivity contribution in [1.29, 1.82) is 0 Å². The van der Waals surface area contributed by atoms with E-state index >= 15 is 0 Å². The molecule has 0 saturated carbocycles. The summed E-state index contributed by atoms with van der Waals surface area (Å²) in [6, 6.07) is 5.85. The molecule has 5 N–H and O–H groups in total. The molecule has 0 aliphatic heterocycles. The third kappa shape index (κ3) is 2.21. The Morgan fingerprint density at radius 3 is 2.91 bits per heavy atom. The molecule has 7 nitrogen and oxygen atoms in total. The van der Waals surface area contributed by atoms with Gasteiger partial charge in [0.2, 0.25) is 0 Å². The Morgan fingerprint density at radius 1 is 1.22 bits per heavy atom. The van der Waals surface area contributed by atoms with Gasteiger partial charge >= 0.3 is 0 Å². The summed E-state index contributed by atoms with van der Waals surface area (Å²) in [5.74, 6) is 0.375. The van der Waals surface area contributed by atoms with Crippen molar-refractivity contribution in [1.82, 2.24) is 24.5 Å². The summed E-state index contributed by atoms with van der Waals surface area (Å²) < 4.78 is 1.93. The maximum Gasteiger partial charge on any atom is 0.165 e. The number of rotatable bonds is 3. The van der Waals surface area contributed by atoms with Gasteiger partial charge in [0.25, 0.3) is 0 Å². The first kappa shape index (κ1) is 14.0. The van der Waals surface area contributed by atoms with Gasteiger partial charge < -0.3 is 21.0 Å². The van der Waals surface area contributed by atoms with Crippen LogP contribution in [0.15, 0.2) is 30.9 Å². The minimum absolute atomic E-state index is 0.375. The van der Waals surface area contributed by atoms with E-state index in [2.05, 4.69) is 19.9 Å². The van der Waals surface area contributed by atoms with Crippen molar-refractivity contribution >= 4 is 39.5 Å². The van der Waals surface area contributed by atoms with Gasteiger partial charge in [0, 0.05) is 22.6 Å². The van der Waals surface area contributed by atoms with Gasteiger partial charge in [-0.25, -0.2) is 15.0 Å². The lowest BCUT2D eigenvalue weighted by molar-refractivity contribution is 0.816. The van der Waals surface area contributed by atoms with Crippen LogP contribution in [-0.4, -0.2) is 24.5 Å². The topological polar surface area (TPSA) is 111 Å². The molecule has 23 heavy (non-hydrogen) atoms. The SMILES string of the molecule is NCc1cc2c(Cl)ccc(Cn3cnc4c(N)ncnc43)c2[nH]1. The molecule has 4 aromatic rings. The molecular formula is C15H14ClN7. The van der Waals surface area contributed by atoms with Gasteiger partial charge in [-0.3, -0.25) is 0 Å². The molecule has 3 aromatic heterocycles. The van der Waals surface area contributed by atoms with Gasteiger partial charge in [-0.15, -0.1) is 0 Å². The minimum atomic E-state index is 0.375. The van der Waals surface area contributed by atoms with Crippen LogP contribution in [0.1, 0.15) is 11.3 Å². The van der Waals surface area contributed by atoms with Crippen LogP contribution < -0.4 is 11.5 Å². The average Bonchev–Trinajstić information content (AvgIpc) is 3.16. The molecule has 0 atom stereocenters. The Kier molecular flexibility index (Phi) is 3.17. The number of H-pyrrole nitrogens is 1. The summed E-state index contributed by atoms with van der Waals surface area (Å²) >= 11 is 6.28. The molecule has 116 valence electrons. The number of nitrogens with zero attached hydrogens (tertiary/aromatic N) is 4. The summed E-state index contributed by atoms with van der Waals surface area (Å²) in [6.45, 7) is 1.02. The van der Waals surface area contributed by atoms with Crippen molar-refractivity contribution < 1.29 is 0 Å². The van der Waals surface area contributed by atoms with Crippen molar-refractivity contribution in [3.8, 4) is 0 Å². The number of aromatic nitrogens is 5. The lowest BCUT2D eigenvalue weighted by Crippen LogP contribution is -2.01. The highest BCUT2D eigenvalue weighted by atomic mass is 35.5. The number of benzene rings is 1. The van der Waals surface area contributed by atoms with Crippen molar-refractivity contribution in [3.05, 3.63) is 47.1 Å². The predicted octanol–water partition coefficient (Wildman–Crippen LogP) is 2.05. The smallest absolute Gasteiger partial charge is 0.165 e. The van der Waals surface area contributed by atoms with E-state index in [1.807, 2.05) is 22.8 Å². The molecule has 0 unspecified atom stereocenters. The Bertz CT molecular complexity index is 1020. The third-order valence-electron chi connectivity index (χ3n) is 3.87. The number of nitrogens with two attached hydrogens (primary N) is 2. The number of hydrogen-bond acceptors (Lipinski definition) is 5. The molecule has 3 heterocycles. The fourth-order valence-electron chi connectivity index (χ4n) is 2.74. The number of fused-ring (bicyclic) bond motifs is 2. The van der Waals surface area contributed by atoms with Gasteiger partial charge in [0.05, 0.1) is 18.4 Å². The van der Waals surface area contributed by atoms with Crippen molar-refractivity contribution in [3.63, 3.8) is 0 Å². The van der Waals surface area contributed by atoms with Crippen LogP contribution in [0.4, 0.5) is 5.82 Å². The molecular weight excluding hydrogens is 314 g/mol. The van der Waals surface area contributed by atoms with Gasteiger partial charge in [0.1, 0.15) is 11.8 Å². The fourth-order valence-corrected chi connectivity index (χ4v) is 2.95. The van der Waals surface area contributed by atoms with E-state index < -0.39 is 0 Å². The summed E-state index contributed by atoms with van der Waals surface area (Å²) in [5.41, 5.74) is 15.8. The standard InChI is InChI=1S/C15H14ClN7/c16-11-2-1-8(12-10(11)3-9(4-17)22-12)5-23-7-21-13-14(18)19-6-20-15(13)23/h1-3,6-7,22H,4-5,17H2,(H2,18,19,20). The Hall–Kier alpha value is -2.64. The van der Waals surface area contributed by atoms with Gasteiger partial charge in [-0.05, 0) is 17.7 Å². The molecule has 1 aromatic carbocycles. The van der Waals surface area contributed by atoms with Crippen molar-refractivity contribution in [2.24, 2.45) is 5.73 Å². The Morgan fingerprint density at radius 2 is 2.09 bits per heavy atom. The third-order valence-corrected chi connectivity index (χ3v) is 4.20. The summed E-state index contributed by atoms with van der Waals surface area (Å²) in [5, 5.41) is 1.66. The number of anilines is 1. The second-order valence-corrected chi connectivity index (χ2v) is 5.70. The second kappa shape index (κ2) is 5.22. The van der Waals surface area contributed by atoms with E-state index in [0.717, 1.165) is 22.2 Å². The first-order chi connectivity index (χ1) is 11.2. The lowest BCUT2D eigenvalue weighted by Gasteiger charge is -2.07. The Balaban J connectivity index is 1.84. The molecule has 0 amide bonds. The molecule has 0 bridgehead atoms. The lowest BCUT2D eigenvalue weighted by atomic mass is 10.1. The molecule has 8 heteroatoms. The van der Waals surface area contributed by atoms with Gasteiger partial charge in [-0.1, -0.05) is 17.7 Å². The van der Waals surface area contributed by atoms with E-state index in [0.29, 0.717) is 35.1 Å².